The van der Waals surface area contributed by atoms with Gasteiger partial charge < -0.3 is 15.4 Å². The third-order valence-corrected chi connectivity index (χ3v) is 3.15. The van der Waals surface area contributed by atoms with Crippen molar-refractivity contribution in [2.24, 2.45) is 0 Å². The fourth-order valence-electron chi connectivity index (χ4n) is 2.03. The number of nitrogens with zero attached hydrogens (tertiary/aromatic N) is 3. The van der Waals surface area contributed by atoms with Crippen LogP contribution in [0, 0.1) is 0 Å². The van der Waals surface area contributed by atoms with Gasteiger partial charge in [-0.2, -0.15) is 5.10 Å². The minimum absolute atomic E-state index is 0.143. The molecular weight excluding hydrogens is 268 g/mol. The molecule has 0 aliphatic rings. The Kier molecular flexibility index (Phi) is 4.59. The maximum Gasteiger partial charge on any atom is 0.214 e. The maximum absolute atomic E-state index is 12.7. The van der Waals surface area contributed by atoms with Crippen molar-refractivity contribution in [2.75, 3.05) is 33.5 Å². The Morgan fingerprint density at radius 2 is 2.19 bits per heavy atom. The van der Waals surface area contributed by atoms with Crippen molar-refractivity contribution in [3.8, 4) is 5.75 Å². The van der Waals surface area contributed by atoms with E-state index < -0.39 is 0 Å². The molecule has 0 unspecified atom stereocenters. The summed E-state index contributed by atoms with van der Waals surface area (Å²) >= 11 is 0. The van der Waals surface area contributed by atoms with Crippen LogP contribution in [0.3, 0.4) is 0 Å². The van der Waals surface area contributed by atoms with E-state index in [1.807, 2.05) is 19.0 Å². The van der Waals surface area contributed by atoms with Gasteiger partial charge in [0.25, 0.3) is 0 Å². The molecule has 0 saturated carbocycles. The predicted molar refractivity (Wildman–Crippen MR) is 81.6 cm³/mol. The number of ketones is 1. The third kappa shape index (κ3) is 3.41. The molecule has 0 aliphatic heterocycles. The quantitative estimate of drug-likeness (QED) is 0.640. The number of rotatable bonds is 6. The van der Waals surface area contributed by atoms with Gasteiger partial charge in [0.1, 0.15) is 0 Å². The molecule has 2 N–H and O–H groups in total. The fraction of sp³-hybridized carbons (Fsp3) is 0.333. The lowest BCUT2D eigenvalue weighted by Crippen LogP contribution is -2.22. The first kappa shape index (κ1) is 15.1. The zero-order chi connectivity index (χ0) is 15.4. The second kappa shape index (κ2) is 6.41. The van der Waals surface area contributed by atoms with Crippen molar-refractivity contribution in [3.05, 3.63) is 41.7 Å². The van der Waals surface area contributed by atoms with E-state index in [0.717, 1.165) is 6.54 Å². The highest BCUT2D eigenvalue weighted by molar-refractivity contribution is 6.09. The first-order chi connectivity index (χ1) is 10.0. The second-order valence-electron chi connectivity index (χ2n) is 5.04. The molecule has 0 bridgehead atoms. The molecule has 0 fully saturated rings. The largest absolute Gasteiger partial charge is 0.493 e. The Bertz CT molecular complexity index is 634. The van der Waals surface area contributed by atoms with Gasteiger partial charge in [0.2, 0.25) is 5.78 Å². The van der Waals surface area contributed by atoms with Crippen LogP contribution in [0.4, 0.5) is 5.69 Å². The molecule has 2 rings (SSSR count). The summed E-state index contributed by atoms with van der Waals surface area (Å²) < 4.78 is 6.93. The van der Waals surface area contributed by atoms with Crippen molar-refractivity contribution < 1.29 is 9.53 Å². The van der Waals surface area contributed by atoms with Crippen LogP contribution in [0.25, 0.3) is 0 Å². The molecule has 6 heteroatoms. The molecule has 1 aromatic carbocycles. The fourth-order valence-corrected chi connectivity index (χ4v) is 2.03. The Morgan fingerprint density at radius 3 is 2.81 bits per heavy atom. The number of carbonyl (C=O) groups is 1. The van der Waals surface area contributed by atoms with E-state index in [1.54, 1.807) is 35.1 Å². The molecule has 0 aliphatic carbocycles. The molecule has 0 radical (unpaired) electrons. The Balaban J connectivity index is 2.36. The smallest absolute Gasteiger partial charge is 0.214 e. The zero-order valence-corrected chi connectivity index (χ0v) is 12.5. The van der Waals surface area contributed by atoms with Gasteiger partial charge in [-0.25, -0.2) is 0 Å². The van der Waals surface area contributed by atoms with Gasteiger partial charge in [-0.05, 0) is 26.2 Å². The van der Waals surface area contributed by atoms with Crippen LogP contribution in [0.2, 0.25) is 0 Å². The molecular formula is C15H20N4O2. The SMILES string of the molecule is COc1cnn(CCN(C)C)c1C(=O)c1cccc(N)c1. The zero-order valence-electron chi connectivity index (χ0n) is 12.5. The van der Waals surface area contributed by atoms with Crippen molar-refractivity contribution in [1.82, 2.24) is 14.7 Å². The Hall–Kier alpha value is -2.34. The molecule has 0 atom stereocenters. The number of carbonyl (C=O) groups excluding carboxylic acids is 1. The van der Waals surface area contributed by atoms with E-state index in [4.69, 9.17) is 10.5 Å². The first-order valence-corrected chi connectivity index (χ1v) is 6.67. The van der Waals surface area contributed by atoms with Crippen LogP contribution >= 0.6 is 0 Å². The van der Waals surface area contributed by atoms with Crippen molar-refractivity contribution >= 4 is 11.5 Å². The monoisotopic (exact) mass is 288 g/mol. The minimum Gasteiger partial charge on any atom is -0.493 e. The maximum atomic E-state index is 12.7. The number of nitrogens with two attached hydrogens (primary N) is 1. The summed E-state index contributed by atoms with van der Waals surface area (Å²) in [4.78, 5) is 14.7. The van der Waals surface area contributed by atoms with E-state index in [0.29, 0.717) is 29.2 Å². The van der Waals surface area contributed by atoms with Gasteiger partial charge in [0.15, 0.2) is 11.4 Å². The van der Waals surface area contributed by atoms with Gasteiger partial charge in [-0.15, -0.1) is 0 Å². The molecule has 0 saturated heterocycles. The van der Waals surface area contributed by atoms with Crippen molar-refractivity contribution in [2.45, 2.75) is 6.54 Å². The van der Waals surface area contributed by atoms with Crippen molar-refractivity contribution in [1.29, 1.82) is 0 Å². The van der Waals surface area contributed by atoms with Crippen LogP contribution in [0.5, 0.6) is 5.75 Å². The van der Waals surface area contributed by atoms with E-state index in [-0.39, 0.29) is 5.78 Å². The molecule has 0 spiro atoms. The van der Waals surface area contributed by atoms with Crippen LogP contribution in [0.15, 0.2) is 30.5 Å². The normalized spacial score (nSPS) is 10.9. The van der Waals surface area contributed by atoms with E-state index in [9.17, 15) is 4.79 Å². The van der Waals surface area contributed by atoms with Gasteiger partial charge >= 0.3 is 0 Å². The molecule has 21 heavy (non-hydrogen) atoms. The first-order valence-electron chi connectivity index (χ1n) is 6.67. The number of anilines is 1. The number of nitrogen functional groups attached to an aromatic ring is 1. The van der Waals surface area contributed by atoms with Gasteiger partial charge in [0.05, 0.1) is 19.9 Å². The van der Waals surface area contributed by atoms with Crippen LogP contribution < -0.4 is 10.5 Å². The number of hydrogen-bond acceptors (Lipinski definition) is 5. The van der Waals surface area contributed by atoms with Gasteiger partial charge in [-0.3, -0.25) is 9.48 Å². The lowest BCUT2D eigenvalue weighted by Gasteiger charge is -2.12. The van der Waals surface area contributed by atoms with E-state index >= 15 is 0 Å². The predicted octanol–water partition coefficient (Wildman–Crippen LogP) is 1.27. The summed E-state index contributed by atoms with van der Waals surface area (Å²) in [5, 5.41) is 4.24. The number of hydrogen-bond donors (Lipinski definition) is 1. The molecule has 1 heterocycles. The van der Waals surface area contributed by atoms with Gasteiger partial charge in [0, 0.05) is 17.8 Å². The number of methoxy groups -OCH3 is 1. The summed E-state index contributed by atoms with van der Waals surface area (Å²) in [6.45, 7) is 1.39. The highest BCUT2D eigenvalue weighted by Crippen LogP contribution is 2.22. The van der Waals surface area contributed by atoms with Gasteiger partial charge in [-0.1, -0.05) is 12.1 Å². The number of aromatic nitrogens is 2. The molecule has 112 valence electrons. The summed E-state index contributed by atoms with van der Waals surface area (Å²) in [6.07, 6.45) is 1.56. The molecule has 0 amide bonds. The molecule has 1 aromatic heterocycles. The summed E-state index contributed by atoms with van der Waals surface area (Å²) in [5.74, 6) is 0.330. The third-order valence-electron chi connectivity index (χ3n) is 3.15. The summed E-state index contributed by atoms with van der Waals surface area (Å²) in [6, 6.07) is 6.90. The average molecular weight is 288 g/mol. The number of benzene rings is 1. The van der Waals surface area contributed by atoms with Crippen LogP contribution in [-0.4, -0.2) is 48.2 Å². The van der Waals surface area contributed by atoms with Crippen LogP contribution in [0.1, 0.15) is 16.1 Å². The standard InChI is InChI=1S/C15H20N4O2/c1-18(2)7-8-19-14(13(21-3)10-17-19)15(20)11-5-4-6-12(16)9-11/h4-6,9-10H,7-8,16H2,1-3H3. The summed E-state index contributed by atoms with van der Waals surface area (Å²) in [7, 11) is 5.48. The average Bonchev–Trinajstić information content (AvgIpc) is 2.87. The second-order valence-corrected chi connectivity index (χ2v) is 5.04. The Morgan fingerprint density at radius 1 is 1.43 bits per heavy atom. The van der Waals surface area contributed by atoms with E-state index in [1.165, 1.54) is 7.11 Å². The van der Waals surface area contributed by atoms with Crippen molar-refractivity contribution in [3.63, 3.8) is 0 Å². The summed E-state index contributed by atoms with van der Waals surface area (Å²) in [5.41, 5.74) is 7.28. The minimum atomic E-state index is -0.143. The highest BCUT2D eigenvalue weighted by atomic mass is 16.5. The number of ether oxygens (including phenoxy) is 1. The number of likely N-dealkylation sites (N-methyl/N-ethyl adjacent to an activating group) is 1. The van der Waals surface area contributed by atoms with Crippen LogP contribution in [-0.2, 0) is 6.54 Å². The lowest BCUT2D eigenvalue weighted by molar-refractivity contribution is 0.102. The lowest BCUT2D eigenvalue weighted by atomic mass is 10.1. The Labute approximate surface area is 124 Å². The van der Waals surface area contributed by atoms with E-state index in [2.05, 4.69) is 5.10 Å². The topological polar surface area (TPSA) is 73.4 Å². The molecule has 2 aromatic rings. The highest BCUT2D eigenvalue weighted by Gasteiger charge is 2.21. The molecule has 6 nitrogen and oxygen atoms in total.